The van der Waals surface area contributed by atoms with Crippen LogP contribution in [0.5, 0.6) is 0 Å². The lowest BCUT2D eigenvalue weighted by Crippen LogP contribution is -2.21. The standard InChI is InChI=1S/C40H81Cl/c1-37(2)29-21-18-25-33-40(34-26-19-22-30-38(3)4,35-27-20-23-31-39(5)6)32-24-16-14-12-10-8-7-9-11-13-15-17-28-36-41/h37-39H,7-36H2,1-6H3. The number of hydrogen-bond donors (Lipinski definition) is 0. The summed E-state index contributed by atoms with van der Waals surface area (Å²) in [6, 6.07) is 0. The van der Waals surface area contributed by atoms with Crippen LogP contribution in [0.1, 0.15) is 228 Å². The average molecular weight is 598 g/mol. The van der Waals surface area contributed by atoms with E-state index in [4.69, 9.17) is 11.6 Å². The van der Waals surface area contributed by atoms with Crippen LogP contribution in [0.4, 0.5) is 0 Å². The van der Waals surface area contributed by atoms with E-state index in [1.165, 1.54) is 186 Å². The molecule has 248 valence electrons. The molecule has 0 aliphatic rings. The summed E-state index contributed by atoms with van der Waals surface area (Å²) < 4.78 is 0. The van der Waals surface area contributed by atoms with Crippen molar-refractivity contribution in [2.45, 2.75) is 228 Å². The van der Waals surface area contributed by atoms with E-state index in [1.807, 2.05) is 0 Å². The Bertz CT molecular complexity index is 448. The highest BCUT2D eigenvalue weighted by Crippen LogP contribution is 2.42. The zero-order valence-electron chi connectivity index (χ0n) is 29.8. The minimum Gasteiger partial charge on any atom is -0.127 e. The van der Waals surface area contributed by atoms with E-state index < -0.39 is 0 Å². The normalized spacial score (nSPS) is 12.4. The monoisotopic (exact) mass is 597 g/mol. The molecule has 0 unspecified atom stereocenters. The first kappa shape index (κ1) is 41.3. The van der Waals surface area contributed by atoms with Gasteiger partial charge in [0.25, 0.3) is 0 Å². The molecule has 0 spiro atoms. The van der Waals surface area contributed by atoms with Crippen molar-refractivity contribution in [1.29, 1.82) is 0 Å². The van der Waals surface area contributed by atoms with Gasteiger partial charge in [0, 0.05) is 5.88 Å². The average Bonchev–Trinajstić information content (AvgIpc) is 2.92. The largest absolute Gasteiger partial charge is 0.127 e. The van der Waals surface area contributed by atoms with Crippen LogP contribution in [0.3, 0.4) is 0 Å². The Kier molecular flexibility index (Phi) is 30.5. The van der Waals surface area contributed by atoms with E-state index in [0.717, 1.165) is 23.6 Å². The first-order chi connectivity index (χ1) is 19.8. The first-order valence-corrected chi connectivity index (χ1v) is 19.9. The predicted molar refractivity (Wildman–Crippen MR) is 192 cm³/mol. The second-order valence-electron chi connectivity index (χ2n) is 15.5. The summed E-state index contributed by atoms with van der Waals surface area (Å²) in [6.07, 6.45) is 42.1. The molecule has 0 saturated heterocycles. The maximum absolute atomic E-state index is 5.78. The summed E-state index contributed by atoms with van der Waals surface area (Å²) in [6.45, 7) is 14.4. The summed E-state index contributed by atoms with van der Waals surface area (Å²) >= 11 is 5.78. The van der Waals surface area contributed by atoms with Crippen LogP contribution in [0.15, 0.2) is 0 Å². The third-order valence-electron chi connectivity index (χ3n) is 9.81. The molecule has 1 heteroatoms. The Labute approximate surface area is 267 Å². The smallest absolute Gasteiger partial charge is 0.0223 e. The highest BCUT2D eigenvalue weighted by Gasteiger charge is 2.28. The summed E-state index contributed by atoms with van der Waals surface area (Å²) in [5, 5.41) is 0. The van der Waals surface area contributed by atoms with Crippen molar-refractivity contribution in [3.05, 3.63) is 0 Å². The molecule has 0 aliphatic heterocycles. The van der Waals surface area contributed by atoms with Crippen molar-refractivity contribution in [2.24, 2.45) is 23.2 Å². The van der Waals surface area contributed by atoms with Gasteiger partial charge in [-0.25, -0.2) is 0 Å². The summed E-state index contributed by atoms with van der Waals surface area (Å²) in [5.41, 5.74) is 0.650. The molecule has 0 nitrogen and oxygen atoms in total. The zero-order chi connectivity index (χ0) is 30.4. The molecule has 0 saturated carbocycles. The van der Waals surface area contributed by atoms with Crippen LogP contribution < -0.4 is 0 Å². The summed E-state index contributed by atoms with van der Waals surface area (Å²) in [7, 11) is 0. The SMILES string of the molecule is CC(C)CCCCCC(CCCCCCCCCCCCCCCCl)(CCCCCC(C)C)CCCCCC(C)C. The lowest BCUT2D eigenvalue weighted by molar-refractivity contribution is 0.171. The molecule has 0 amide bonds. The van der Waals surface area contributed by atoms with Gasteiger partial charge >= 0.3 is 0 Å². The topological polar surface area (TPSA) is 0 Å². The van der Waals surface area contributed by atoms with Gasteiger partial charge in [-0.05, 0) is 55.3 Å². The molecule has 0 aromatic heterocycles. The van der Waals surface area contributed by atoms with Gasteiger partial charge in [0.2, 0.25) is 0 Å². The number of rotatable bonds is 33. The fourth-order valence-electron chi connectivity index (χ4n) is 6.98. The van der Waals surface area contributed by atoms with E-state index in [9.17, 15) is 0 Å². The summed E-state index contributed by atoms with van der Waals surface area (Å²) in [5.74, 6) is 3.45. The fourth-order valence-corrected chi connectivity index (χ4v) is 7.17. The molecule has 0 radical (unpaired) electrons. The van der Waals surface area contributed by atoms with E-state index in [1.54, 1.807) is 0 Å². The van der Waals surface area contributed by atoms with Crippen LogP contribution in [0.25, 0.3) is 0 Å². The van der Waals surface area contributed by atoms with Gasteiger partial charge in [-0.2, -0.15) is 0 Å². The Morgan fingerprint density at radius 2 is 0.537 bits per heavy atom. The Balaban J connectivity index is 4.60. The van der Waals surface area contributed by atoms with Gasteiger partial charge in [0.15, 0.2) is 0 Å². The van der Waals surface area contributed by atoms with Crippen LogP contribution >= 0.6 is 11.6 Å². The molecule has 0 rings (SSSR count). The zero-order valence-corrected chi connectivity index (χ0v) is 30.6. The van der Waals surface area contributed by atoms with Crippen molar-refractivity contribution in [2.75, 3.05) is 5.88 Å². The molecule has 0 heterocycles. The minimum absolute atomic E-state index is 0.650. The van der Waals surface area contributed by atoms with E-state index in [0.29, 0.717) is 5.41 Å². The van der Waals surface area contributed by atoms with Gasteiger partial charge in [0.1, 0.15) is 0 Å². The Morgan fingerprint density at radius 1 is 0.317 bits per heavy atom. The number of unbranched alkanes of at least 4 members (excludes halogenated alkanes) is 18. The van der Waals surface area contributed by atoms with Gasteiger partial charge in [-0.15, -0.1) is 11.6 Å². The number of halogens is 1. The Morgan fingerprint density at radius 3 is 0.780 bits per heavy atom. The van der Waals surface area contributed by atoms with Gasteiger partial charge in [-0.1, -0.05) is 196 Å². The molecule has 0 aromatic rings. The van der Waals surface area contributed by atoms with E-state index in [2.05, 4.69) is 41.5 Å². The second-order valence-corrected chi connectivity index (χ2v) is 15.9. The van der Waals surface area contributed by atoms with Crippen LogP contribution in [-0.2, 0) is 0 Å². The molecule has 0 atom stereocenters. The molecule has 0 N–H and O–H groups in total. The quantitative estimate of drug-likeness (QED) is 0.0522. The number of hydrogen-bond acceptors (Lipinski definition) is 0. The number of alkyl halides is 1. The first-order valence-electron chi connectivity index (χ1n) is 19.4. The molecular weight excluding hydrogens is 516 g/mol. The molecule has 0 fully saturated rings. The van der Waals surface area contributed by atoms with Gasteiger partial charge in [0.05, 0.1) is 0 Å². The highest BCUT2D eigenvalue weighted by molar-refractivity contribution is 6.17. The van der Waals surface area contributed by atoms with Crippen molar-refractivity contribution in [3.8, 4) is 0 Å². The molecule has 0 bridgehead atoms. The van der Waals surface area contributed by atoms with Crippen molar-refractivity contribution < 1.29 is 0 Å². The molecule has 41 heavy (non-hydrogen) atoms. The van der Waals surface area contributed by atoms with Crippen LogP contribution in [-0.4, -0.2) is 5.88 Å². The van der Waals surface area contributed by atoms with Crippen molar-refractivity contribution in [1.82, 2.24) is 0 Å². The lowest BCUT2D eigenvalue weighted by Gasteiger charge is -2.35. The lowest BCUT2D eigenvalue weighted by atomic mass is 9.70. The fraction of sp³-hybridized carbons (Fsp3) is 1.00. The van der Waals surface area contributed by atoms with Crippen LogP contribution in [0.2, 0.25) is 0 Å². The molecule has 0 aliphatic carbocycles. The highest BCUT2D eigenvalue weighted by atomic mass is 35.5. The Hall–Kier alpha value is 0.290. The third-order valence-corrected chi connectivity index (χ3v) is 10.1. The second kappa shape index (κ2) is 30.3. The van der Waals surface area contributed by atoms with Crippen LogP contribution in [0, 0.1) is 23.2 Å². The predicted octanol–water partition coefficient (Wildman–Crippen LogP) is 15.5. The van der Waals surface area contributed by atoms with Crippen molar-refractivity contribution in [3.63, 3.8) is 0 Å². The van der Waals surface area contributed by atoms with E-state index >= 15 is 0 Å². The maximum Gasteiger partial charge on any atom is 0.0223 e. The molecular formula is C40H81Cl. The van der Waals surface area contributed by atoms with Gasteiger partial charge in [-0.3, -0.25) is 0 Å². The maximum atomic E-state index is 5.78. The van der Waals surface area contributed by atoms with E-state index in [-0.39, 0.29) is 0 Å². The third kappa shape index (κ3) is 30.1. The molecule has 0 aromatic carbocycles. The minimum atomic E-state index is 0.650. The van der Waals surface area contributed by atoms with Crippen molar-refractivity contribution >= 4 is 11.6 Å². The van der Waals surface area contributed by atoms with Gasteiger partial charge < -0.3 is 0 Å². The summed E-state index contributed by atoms with van der Waals surface area (Å²) in [4.78, 5) is 0.